The van der Waals surface area contributed by atoms with E-state index in [0.29, 0.717) is 0 Å². The van der Waals surface area contributed by atoms with Crippen LogP contribution in [0, 0.1) is 5.82 Å². The van der Waals surface area contributed by atoms with Crippen molar-refractivity contribution in [3.05, 3.63) is 23.3 Å². The van der Waals surface area contributed by atoms with Gasteiger partial charge in [-0.3, -0.25) is 0 Å². The molecule has 0 aliphatic heterocycles. The van der Waals surface area contributed by atoms with Crippen LogP contribution in [0.1, 0.15) is 52.8 Å². The molecule has 0 saturated heterocycles. The van der Waals surface area contributed by atoms with Gasteiger partial charge in [-0.1, -0.05) is 41.5 Å². The molecule has 0 saturated carbocycles. The number of halogens is 1. The molecular weight excluding hydrogens is 189 g/mol. The average molecular weight is 211 g/mol. The molecule has 0 unspecified atom stereocenters. The Morgan fingerprint density at radius 1 is 1.00 bits per heavy atom. The molecule has 2 heteroatoms. The summed E-state index contributed by atoms with van der Waals surface area (Å²) in [6.45, 7) is 12.2. The first-order valence-corrected chi connectivity index (χ1v) is 5.41. The van der Waals surface area contributed by atoms with E-state index in [2.05, 4.69) is 0 Å². The fourth-order valence-corrected chi connectivity index (χ4v) is 1.98. The third kappa shape index (κ3) is 2.24. The summed E-state index contributed by atoms with van der Waals surface area (Å²) in [5.74, 6) is -0.0440. The van der Waals surface area contributed by atoms with E-state index < -0.39 is 0 Å². The van der Waals surface area contributed by atoms with Crippen molar-refractivity contribution in [1.29, 1.82) is 0 Å². The van der Waals surface area contributed by atoms with E-state index in [-0.39, 0.29) is 16.6 Å². The van der Waals surface area contributed by atoms with E-state index in [0.717, 1.165) is 11.3 Å². The summed E-state index contributed by atoms with van der Waals surface area (Å²) < 4.78 is 16.2. The molecule has 1 aromatic heterocycles. The van der Waals surface area contributed by atoms with Gasteiger partial charge in [-0.05, 0) is 5.41 Å². The van der Waals surface area contributed by atoms with Gasteiger partial charge >= 0.3 is 0 Å². The number of hydrogen-bond donors (Lipinski definition) is 0. The molecule has 0 N–H and O–H groups in total. The van der Waals surface area contributed by atoms with Crippen molar-refractivity contribution >= 4 is 0 Å². The van der Waals surface area contributed by atoms with Gasteiger partial charge in [-0.2, -0.15) is 0 Å². The fourth-order valence-electron chi connectivity index (χ4n) is 1.98. The molecule has 1 heterocycles. The first-order valence-electron chi connectivity index (χ1n) is 5.41. The number of rotatable bonds is 0. The van der Waals surface area contributed by atoms with Gasteiger partial charge in [0.05, 0.1) is 5.69 Å². The molecule has 0 atom stereocenters. The molecule has 0 aliphatic rings. The molecule has 0 radical (unpaired) electrons. The van der Waals surface area contributed by atoms with Gasteiger partial charge in [-0.15, -0.1) is 0 Å². The van der Waals surface area contributed by atoms with Crippen molar-refractivity contribution in [2.45, 2.75) is 52.4 Å². The Morgan fingerprint density at radius 3 is 1.67 bits per heavy atom. The maximum absolute atomic E-state index is 14.3. The van der Waals surface area contributed by atoms with Crippen LogP contribution in [0.4, 0.5) is 4.39 Å². The Hall–Kier alpha value is -0.790. The van der Waals surface area contributed by atoms with Gasteiger partial charge in [0.1, 0.15) is 5.82 Å². The molecule has 0 aliphatic carbocycles. The van der Waals surface area contributed by atoms with Crippen molar-refractivity contribution in [2.75, 3.05) is 0 Å². The number of aromatic nitrogens is 1. The van der Waals surface area contributed by atoms with Crippen LogP contribution >= 0.6 is 0 Å². The lowest BCUT2D eigenvalue weighted by atomic mass is 9.86. The summed E-state index contributed by atoms with van der Waals surface area (Å²) in [7, 11) is 1.92. The second-order valence-corrected chi connectivity index (χ2v) is 6.32. The second-order valence-electron chi connectivity index (χ2n) is 6.32. The summed E-state index contributed by atoms with van der Waals surface area (Å²) in [5, 5.41) is 0. The Morgan fingerprint density at radius 2 is 1.47 bits per heavy atom. The largest absolute Gasteiger partial charge is 0.351 e. The number of hydrogen-bond acceptors (Lipinski definition) is 0. The standard InChI is InChI=1S/C13H22FN/c1-12(2,3)9-8-15(7)11(10(9)14)13(4,5)6/h8H,1-7H3. The van der Waals surface area contributed by atoms with Crippen molar-refractivity contribution in [3.8, 4) is 0 Å². The van der Waals surface area contributed by atoms with Crippen molar-refractivity contribution in [3.63, 3.8) is 0 Å². The Kier molecular flexibility index (Phi) is 2.75. The summed E-state index contributed by atoms with van der Waals surface area (Å²) in [6.07, 6.45) is 1.91. The van der Waals surface area contributed by atoms with Crippen LogP contribution in [0.25, 0.3) is 0 Å². The van der Waals surface area contributed by atoms with E-state index in [1.54, 1.807) is 0 Å². The van der Waals surface area contributed by atoms with E-state index in [1.165, 1.54) is 0 Å². The van der Waals surface area contributed by atoms with Gasteiger partial charge in [0.2, 0.25) is 0 Å². The van der Waals surface area contributed by atoms with Crippen LogP contribution in [-0.4, -0.2) is 4.57 Å². The molecule has 0 spiro atoms. The van der Waals surface area contributed by atoms with Gasteiger partial charge in [0.15, 0.2) is 0 Å². The molecular formula is C13H22FN. The highest BCUT2D eigenvalue weighted by molar-refractivity contribution is 5.31. The molecule has 0 bridgehead atoms. The lowest BCUT2D eigenvalue weighted by Crippen LogP contribution is -2.18. The molecule has 1 rings (SSSR count). The molecule has 0 aromatic carbocycles. The van der Waals surface area contributed by atoms with Crippen molar-refractivity contribution in [1.82, 2.24) is 4.57 Å². The van der Waals surface area contributed by atoms with Crippen LogP contribution in [0.3, 0.4) is 0 Å². The minimum absolute atomic E-state index is 0.0440. The van der Waals surface area contributed by atoms with Crippen LogP contribution < -0.4 is 0 Å². The highest BCUT2D eigenvalue weighted by Crippen LogP contribution is 2.33. The monoisotopic (exact) mass is 211 g/mol. The smallest absolute Gasteiger partial charge is 0.148 e. The van der Waals surface area contributed by atoms with Gasteiger partial charge in [0, 0.05) is 24.2 Å². The summed E-state index contributed by atoms with van der Waals surface area (Å²) in [6, 6.07) is 0. The first kappa shape index (κ1) is 12.3. The normalized spacial score (nSPS) is 13.3. The average Bonchev–Trinajstić information content (AvgIpc) is 2.22. The first-order chi connectivity index (χ1) is 6.55. The van der Waals surface area contributed by atoms with E-state index in [4.69, 9.17) is 0 Å². The third-order valence-electron chi connectivity index (χ3n) is 2.64. The zero-order valence-corrected chi connectivity index (χ0v) is 10.9. The zero-order valence-electron chi connectivity index (χ0n) is 10.9. The van der Waals surface area contributed by atoms with Crippen LogP contribution in [0.2, 0.25) is 0 Å². The fraction of sp³-hybridized carbons (Fsp3) is 0.692. The Balaban J connectivity index is 3.41. The lowest BCUT2D eigenvalue weighted by molar-refractivity contribution is 0.474. The minimum Gasteiger partial charge on any atom is -0.351 e. The van der Waals surface area contributed by atoms with Gasteiger partial charge in [0.25, 0.3) is 0 Å². The molecule has 0 fully saturated rings. The van der Waals surface area contributed by atoms with Crippen molar-refractivity contribution < 1.29 is 4.39 Å². The predicted octanol–water partition coefficient (Wildman–Crippen LogP) is 3.76. The second kappa shape index (κ2) is 3.36. The quantitative estimate of drug-likeness (QED) is 0.616. The van der Waals surface area contributed by atoms with Crippen LogP contribution in [-0.2, 0) is 17.9 Å². The summed E-state index contributed by atoms with van der Waals surface area (Å²) in [4.78, 5) is 0. The van der Waals surface area contributed by atoms with Crippen LogP contribution in [0.5, 0.6) is 0 Å². The van der Waals surface area contributed by atoms with Gasteiger partial charge < -0.3 is 4.57 Å². The molecule has 15 heavy (non-hydrogen) atoms. The summed E-state index contributed by atoms with van der Waals surface area (Å²) >= 11 is 0. The minimum atomic E-state index is -0.150. The lowest BCUT2D eigenvalue weighted by Gasteiger charge is -2.21. The Labute approximate surface area is 92.3 Å². The highest BCUT2D eigenvalue weighted by atomic mass is 19.1. The Bertz CT molecular complexity index is 361. The molecule has 1 aromatic rings. The SMILES string of the molecule is Cn1cc(C(C)(C)C)c(F)c1C(C)(C)C. The zero-order chi connectivity index (χ0) is 12.0. The molecule has 0 amide bonds. The van der Waals surface area contributed by atoms with E-state index in [1.807, 2.05) is 59.4 Å². The van der Waals surface area contributed by atoms with Crippen molar-refractivity contribution in [2.24, 2.45) is 7.05 Å². The molecule has 86 valence electrons. The van der Waals surface area contributed by atoms with E-state index >= 15 is 0 Å². The highest BCUT2D eigenvalue weighted by Gasteiger charge is 2.29. The van der Waals surface area contributed by atoms with E-state index in [9.17, 15) is 4.39 Å². The topological polar surface area (TPSA) is 4.93 Å². The molecule has 1 nitrogen and oxygen atoms in total. The maximum atomic E-state index is 14.3. The predicted molar refractivity (Wildman–Crippen MR) is 62.8 cm³/mol. The van der Waals surface area contributed by atoms with Gasteiger partial charge in [-0.25, -0.2) is 4.39 Å². The maximum Gasteiger partial charge on any atom is 0.148 e. The third-order valence-corrected chi connectivity index (χ3v) is 2.64. The van der Waals surface area contributed by atoms with Crippen LogP contribution in [0.15, 0.2) is 6.20 Å². The summed E-state index contributed by atoms with van der Waals surface area (Å²) in [5.41, 5.74) is 1.30. The number of aryl methyl sites for hydroxylation is 1. The number of nitrogens with zero attached hydrogens (tertiary/aromatic N) is 1.